The van der Waals surface area contributed by atoms with E-state index in [1.54, 1.807) is 0 Å². The topological polar surface area (TPSA) is 80.9 Å². The summed E-state index contributed by atoms with van der Waals surface area (Å²) in [6.07, 6.45) is 6.63. The maximum atomic E-state index is 10.5. The first-order valence-electron chi connectivity index (χ1n) is 9.48. The van der Waals surface area contributed by atoms with Crippen molar-refractivity contribution in [3.05, 3.63) is 11.6 Å². The molecule has 4 nitrogen and oxygen atoms in total. The van der Waals surface area contributed by atoms with Gasteiger partial charge in [0.25, 0.3) is 0 Å². The van der Waals surface area contributed by atoms with Gasteiger partial charge in [0.1, 0.15) is 0 Å². The highest BCUT2D eigenvalue weighted by atomic mass is 16.3. The first-order valence-corrected chi connectivity index (χ1v) is 9.48. The molecule has 7 atom stereocenters. The van der Waals surface area contributed by atoms with Gasteiger partial charge in [-0.3, -0.25) is 0 Å². The third-order valence-electron chi connectivity index (χ3n) is 8.10. The van der Waals surface area contributed by atoms with E-state index in [2.05, 4.69) is 19.9 Å². The Balaban J connectivity index is 1.92. The van der Waals surface area contributed by atoms with Gasteiger partial charge in [0, 0.05) is 5.41 Å². The molecule has 0 heterocycles. The lowest BCUT2D eigenvalue weighted by atomic mass is 9.45. The average Bonchev–Trinajstić information content (AvgIpc) is 2.57. The van der Waals surface area contributed by atoms with Crippen molar-refractivity contribution in [3.63, 3.8) is 0 Å². The molecule has 0 aromatic carbocycles. The summed E-state index contributed by atoms with van der Waals surface area (Å²) in [7, 11) is 0. The second-order valence-electron chi connectivity index (χ2n) is 9.41. The monoisotopic (exact) mass is 338 g/mol. The third-order valence-corrected chi connectivity index (χ3v) is 8.10. The van der Waals surface area contributed by atoms with Crippen molar-refractivity contribution in [2.45, 2.75) is 71.5 Å². The minimum atomic E-state index is -0.666. The number of hydrogen-bond acceptors (Lipinski definition) is 4. The molecule has 3 rings (SSSR count). The number of aliphatic hydroxyl groups is 4. The molecule has 3 aliphatic carbocycles. The lowest BCUT2D eigenvalue weighted by Crippen LogP contribution is -2.58. The molecule has 0 aromatic heterocycles. The largest absolute Gasteiger partial charge is 0.396 e. The fraction of sp³-hybridized carbons (Fsp3) is 0.900. The molecule has 0 aromatic rings. The number of rotatable bonds is 3. The summed E-state index contributed by atoms with van der Waals surface area (Å²) in [4.78, 5) is 0. The van der Waals surface area contributed by atoms with Gasteiger partial charge in [-0.1, -0.05) is 32.4 Å². The van der Waals surface area contributed by atoms with Crippen LogP contribution < -0.4 is 0 Å². The number of hydrogen-bond donors (Lipinski definition) is 4. The van der Waals surface area contributed by atoms with Crippen LogP contribution in [0.5, 0.6) is 0 Å². The summed E-state index contributed by atoms with van der Waals surface area (Å²) in [6, 6.07) is 0. The maximum Gasteiger partial charge on any atom is 0.0827 e. The van der Waals surface area contributed by atoms with Gasteiger partial charge in [-0.15, -0.1) is 0 Å². The van der Waals surface area contributed by atoms with Crippen molar-refractivity contribution in [3.8, 4) is 0 Å². The van der Waals surface area contributed by atoms with Gasteiger partial charge in [-0.25, -0.2) is 0 Å². The fourth-order valence-corrected chi connectivity index (χ4v) is 6.19. The SMILES string of the molecule is C[C@]1([C@H](O)CO)CC[C@@H]2C(=CC[C@H]3[C@@]2(C)CC[C@H](O)[C@]3(C)CO)C1. The molecule has 4 heteroatoms. The van der Waals surface area contributed by atoms with Crippen LogP contribution >= 0.6 is 0 Å². The molecular formula is C20H34O4. The first kappa shape index (κ1) is 18.4. The highest BCUT2D eigenvalue weighted by molar-refractivity contribution is 5.24. The molecule has 0 amide bonds. The molecule has 4 N–H and O–H groups in total. The van der Waals surface area contributed by atoms with E-state index in [-0.39, 0.29) is 24.0 Å². The number of aliphatic hydroxyl groups excluding tert-OH is 4. The predicted molar refractivity (Wildman–Crippen MR) is 93.3 cm³/mol. The molecular weight excluding hydrogens is 304 g/mol. The van der Waals surface area contributed by atoms with Gasteiger partial charge in [-0.05, 0) is 61.2 Å². The van der Waals surface area contributed by atoms with Crippen LogP contribution in [0.1, 0.15) is 59.3 Å². The van der Waals surface area contributed by atoms with E-state index in [0.29, 0.717) is 11.8 Å². The standard InChI is InChI=1S/C20H34O4/c1-18(17(24)11-21)8-6-14-13(10-18)4-5-15-19(14,2)9-7-16(23)20(15,3)12-22/h4,14-17,21-24H,5-12H2,1-3H3/t14-,15+,16+,17-,18+,19+,20-/m1/s1. The highest BCUT2D eigenvalue weighted by Crippen LogP contribution is 2.63. The second kappa shape index (κ2) is 6.08. The van der Waals surface area contributed by atoms with Crippen LogP contribution in [0.4, 0.5) is 0 Å². The Morgan fingerprint density at radius 3 is 2.50 bits per heavy atom. The molecule has 2 saturated carbocycles. The highest BCUT2D eigenvalue weighted by Gasteiger charge is 2.58. The summed E-state index contributed by atoms with van der Waals surface area (Å²) in [5.74, 6) is 0.758. The van der Waals surface area contributed by atoms with Gasteiger partial charge in [0.05, 0.1) is 25.4 Å². The van der Waals surface area contributed by atoms with Crippen molar-refractivity contribution in [1.82, 2.24) is 0 Å². The van der Waals surface area contributed by atoms with Crippen molar-refractivity contribution >= 4 is 0 Å². The van der Waals surface area contributed by atoms with Crippen LogP contribution in [0.2, 0.25) is 0 Å². The molecule has 0 radical (unpaired) electrons. The van der Waals surface area contributed by atoms with Crippen LogP contribution in [0.15, 0.2) is 11.6 Å². The van der Waals surface area contributed by atoms with Crippen molar-refractivity contribution in [1.29, 1.82) is 0 Å². The molecule has 138 valence electrons. The smallest absolute Gasteiger partial charge is 0.0827 e. The van der Waals surface area contributed by atoms with E-state index in [1.165, 1.54) is 5.57 Å². The van der Waals surface area contributed by atoms with Crippen molar-refractivity contribution in [2.24, 2.45) is 28.1 Å². The first-order chi connectivity index (χ1) is 11.2. The third kappa shape index (κ3) is 2.49. The van der Waals surface area contributed by atoms with Gasteiger partial charge in [0.2, 0.25) is 0 Å². The lowest BCUT2D eigenvalue weighted by Gasteiger charge is -2.61. The Bertz CT molecular complexity index is 518. The predicted octanol–water partition coefficient (Wildman–Crippen LogP) is 2.25. The Morgan fingerprint density at radius 2 is 1.88 bits per heavy atom. The molecule has 2 fully saturated rings. The minimum absolute atomic E-state index is 0.0330. The molecule has 0 unspecified atom stereocenters. The van der Waals surface area contributed by atoms with E-state index in [0.717, 1.165) is 38.5 Å². The van der Waals surface area contributed by atoms with Crippen LogP contribution in [-0.4, -0.2) is 45.8 Å². The fourth-order valence-electron chi connectivity index (χ4n) is 6.19. The molecule has 0 saturated heterocycles. The van der Waals surface area contributed by atoms with E-state index in [4.69, 9.17) is 0 Å². The van der Waals surface area contributed by atoms with E-state index >= 15 is 0 Å². The van der Waals surface area contributed by atoms with Crippen LogP contribution in [0.25, 0.3) is 0 Å². The number of fused-ring (bicyclic) bond motifs is 3. The normalized spacial score (nSPS) is 49.8. The van der Waals surface area contributed by atoms with E-state index in [1.807, 2.05) is 6.92 Å². The van der Waals surface area contributed by atoms with Gasteiger partial charge in [-0.2, -0.15) is 0 Å². The van der Waals surface area contributed by atoms with Crippen LogP contribution in [0.3, 0.4) is 0 Å². The lowest BCUT2D eigenvalue weighted by molar-refractivity contribution is -0.150. The van der Waals surface area contributed by atoms with Gasteiger partial charge >= 0.3 is 0 Å². The molecule has 24 heavy (non-hydrogen) atoms. The Kier molecular flexibility index (Phi) is 4.66. The molecule has 0 aliphatic heterocycles. The molecule has 0 spiro atoms. The Morgan fingerprint density at radius 1 is 1.17 bits per heavy atom. The summed E-state index contributed by atoms with van der Waals surface area (Å²) in [5, 5.41) is 40.2. The van der Waals surface area contributed by atoms with Gasteiger partial charge < -0.3 is 20.4 Å². The average molecular weight is 338 g/mol. The summed E-state index contributed by atoms with van der Waals surface area (Å²) >= 11 is 0. The second-order valence-corrected chi connectivity index (χ2v) is 9.41. The molecule has 0 bridgehead atoms. The van der Waals surface area contributed by atoms with Crippen molar-refractivity contribution in [2.75, 3.05) is 13.2 Å². The van der Waals surface area contributed by atoms with E-state index < -0.39 is 17.6 Å². The summed E-state index contributed by atoms with van der Waals surface area (Å²) in [6.45, 7) is 6.33. The zero-order valence-electron chi connectivity index (χ0n) is 15.3. The molecule has 3 aliphatic rings. The zero-order valence-corrected chi connectivity index (χ0v) is 15.3. The van der Waals surface area contributed by atoms with Crippen LogP contribution in [-0.2, 0) is 0 Å². The minimum Gasteiger partial charge on any atom is -0.396 e. The maximum absolute atomic E-state index is 10.5. The Labute approximate surface area is 145 Å². The quantitative estimate of drug-likeness (QED) is 0.595. The Hall–Kier alpha value is -0.420. The van der Waals surface area contributed by atoms with E-state index in [9.17, 15) is 20.4 Å². The number of allylic oxidation sites excluding steroid dienone is 2. The summed E-state index contributed by atoms with van der Waals surface area (Å²) < 4.78 is 0. The summed E-state index contributed by atoms with van der Waals surface area (Å²) in [5.41, 5.74) is 0.855. The van der Waals surface area contributed by atoms with Crippen molar-refractivity contribution < 1.29 is 20.4 Å². The van der Waals surface area contributed by atoms with Crippen LogP contribution in [0, 0.1) is 28.1 Å². The van der Waals surface area contributed by atoms with Gasteiger partial charge in [0.15, 0.2) is 0 Å². The zero-order chi connectivity index (χ0) is 17.8.